The number of nitrogens with zero attached hydrogens (tertiary/aromatic N) is 3. The number of hydrogen-bond donors (Lipinski definition) is 0. The van der Waals surface area contributed by atoms with Crippen LogP contribution in [0.1, 0.15) is 5.69 Å². The highest BCUT2D eigenvalue weighted by molar-refractivity contribution is 7.13. The number of piperazine rings is 1. The lowest BCUT2D eigenvalue weighted by Gasteiger charge is -2.35. The third-order valence-electron chi connectivity index (χ3n) is 4.75. The smallest absolute Gasteiger partial charge is 0.123 e. The summed E-state index contributed by atoms with van der Waals surface area (Å²) in [6.45, 7) is 5.19. The number of benzene rings is 2. The molecule has 0 unspecified atom stereocenters. The Morgan fingerprint density at radius 1 is 1.00 bits per heavy atom. The zero-order valence-electron chi connectivity index (χ0n) is 15.0. The predicted octanol–water partition coefficient (Wildman–Crippen LogP) is 4.14. The molecule has 0 spiro atoms. The van der Waals surface area contributed by atoms with Crippen LogP contribution < -0.4 is 9.64 Å². The van der Waals surface area contributed by atoms with E-state index in [9.17, 15) is 0 Å². The minimum Gasteiger partial charge on any atom is -0.497 e. The van der Waals surface area contributed by atoms with Gasteiger partial charge in [-0.2, -0.15) is 0 Å². The second-order valence-corrected chi connectivity index (χ2v) is 7.33. The third kappa shape index (κ3) is 3.89. The van der Waals surface area contributed by atoms with E-state index >= 15 is 0 Å². The lowest BCUT2D eigenvalue weighted by molar-refractivity contribution is 0.247. The average Bonchev–Trinajstić information content (AvgIpc) is 3.18. The van der Waals surface area contributed by atoms with Crippen molar-refractivity contribution in [2.75, 3.05) is 38.2 Å². The van der Waals surface area contributed by atoms with Gasteiger partial charge in [-0.25, -0.2) is 4.98 Å². The summed E-state index contributed by atoms with van der Waals surface area (Å²) in [5.41, 5.74) is 3.59. The van der Waals surface area contributed by atoms with Gasteiger partial charge < -0.3 is 9.64 Å². The molecule has 1 aliphatic heterocycles. The Morgan fingerprint density at radius 3 is 2.58 bits per heavy atom. The largest absolute Gasteiger partial charge is 0.497 e. The maximum atomic E-state index is 5.32. The van der Waals surface area contributed by atoms with Gasteiger partial charge in [0, 0.05) is 49.4 Å². The summed E-state index contributed by atoms with van der Waals surface area (Å²) in [5.74, 6) is 0.872. The van der Waals surface area contributed by atoms with Crippen molar-refractivity contribution in [1.29, 1.82) is 0 Å². The topological polar surface area (TPSA) is 28.6 Å². The molecular formula is C21H23N3OS. The van der Waals surface area contributed by atoms with Gasteiger partial charge in [0.15, 0.2) is 0 Å². The Morgan fingerprint density at radius 2 is 1.81 bits per heavy atom. The first-order valence-corrected chi connectivity index (χ1v) is 9.81. The van der Waals surface area contributed by atoms with Gasteiger partial charge in [0.25, 0.3) is 0 Å². The summed E-state index contributed by atoms with van der Waals surface area (Å²) in [7, 11) is 1.70. The van der Waals surface area contributed by atoms with Crippen molar-refractivity contribution in [2.24, 2.45) is 0 Å². The molecule has 0 radical (unpaired) electrons. The van der Waals surface area contributed by atoms with Gasteiger partial charge in [-0.05, 0) is 24.3 Å². The van der Waals surface area contributed by atoms with Crippen LogP contribution in [0.15, 0.2) is 60.0 Å². The molecule has 3 aromatic rings. The third-order valence-corrected chi connectivity index (χ3v) is 5.69. The second kappa shape index (κ2) is 7.89. The fourth-order valence-corrected chi connectivity index (χ4v) is 4.11. The standard InChI is InChI=1S/C21H23N3OS/c1-25-20-9-5-6-17(14-20)21-22-18(16-26-21)15-23-10-12-24(13-11-23)19-7-3-2-4-8-19/h2-9,14,16H,10-13,15H2,1H3. The van der Waals surface area contributed by atoms with E-state index in [2.05, 4.69) is 51.6 Å². The molecule has 134 valence electrons. The van der Waals surface area contributed by atoms with Gasteiger partial charge in [-0.1, -0.05) is 30.3 Å². The molecule has 1 saturated heterocycles. The second-order valence-electron chi connectivity index (χ2n) is 6.47. The van der Waals surface area contributed by atoms with E-state index in [0.29, 0.717) is 0 Å². The number of thiazole rings is 1. The first-order valence-electron chi connectivity index (χ1n) is 8.93. The Bertz CT molecular complexity index is 841. The molecule has 2 heterocycles. The van der Waals surface area contributed by atoms with Crippen LogP contribution in [0.4, 0.5) is 5.69 Å². The van der Waals surface area contributed by atoms with Crippen LogP contribution in [0.3, 0.4) is 0 Å². The summed E-state index contributed by atoms with van der Waals surface area (Å²) in [6.07, 6.45) is 0. The molecule has 0 amide bonds. The zero-order valence-corrected chi connectivity index (χ0v) is 15.8. The number of aromatic nitrogens is 1. The van der Waals surface area contributed by atoms with Gasteiger partial charge in [0.2, 0.25) is 0 Å². The number of methoxy groups -OCH3 is 1. The maximum absolute atomic E-state index is 5.32. The van der Waals surface area contributed by atoms with Crippen LogP contribution in [0.2, 0.25) is 0 Å². The van der Waals surface area contributed by atoms with Crippen molar-refractivity contribution in [3.05, 3.63) is 65.7 Å². The molecule has 1 aromatic heterocycles. The normalized spacial score (nSPS) is 15.2. The monoisotopic (exact) mass is 365 g/mol. The molecule has 2 aromatic carbocycles. The number of ether oxygens (including phenoxy) is 1. The van der Waals surface area contributed by atoms with Crippen molar-refractivity contribution in [1.82, 2.24) is 9.88 Å². The average molecular weight is 366 g/mol. The molecule has 1 aliphatic rings. The first-order chi connectivity index (χ1) is 12.8. The molecule has 26 heavy (non-hydrogen) atoms. The summed E-state index contributed by atoms with van der Waals surface area (Å²) >= 11 is 1.70. The fraction of sp³-hybridized carbons (Fsp3) is 0.286. The molecule has 0 aliphatic carbocycles. The number of hydrogen-bond acceptors (Lipinski definition) is 5. The van der Waals surface area contributed by atoms with E-state index < -0.39 is 0 Å². The van der Waals surface area contributed by atoms with E-state index in [4.69, 9.17) is 9.72 Å². The molecule has 1 fully saturated rings. The molecule has 5 heteroatoms. The molecule has 0 N–H and O–H groups in total. The van der Waals surface area contributed by atoms with E-state index in [1.807, 2.05) is 18.2 Å². The van der Waals surface area contributed by atoms with E-state index in [0.717, 1.165) is 54.7 Å². The lowest BCUT2D eigenvalue weighted by Crippen LogP contribution is -2.46. The summed E-state index contributed by atoms with van der Waals surface area (Å²) in [4.78, 5) is 9.78. The maximum Gasteiger partial charge on any atom is 0.123 e. The van der Waals surface area contributed by atoms with Gasteiger partial charge in [-0.3, -0.25) is 4.90 Å². The Balaban J connectivity index is 1.36. The SMILES string of the molecule is COc1cccc(-c2nc(CN3CCN(c4ccccc4)CC3)cs2)c1. The first kappa shape index (κ1) is 17.1. The van der Waals surface area contributed by atoms with Crippen molar-refractivity contribution >= 4 is 17.0 Å². The molecule has 0 bridgehead atoms. The van der Waals surface area contributed by atoms with Crippen LogP contribution >= 0.6 is 11.3 Å². The van der Waals surface area contributed by atoms with Gasteiger partial charge in [-0.15, -0.1) is 11.3 Å². The Kier molecular flexibility index (Phi) is 5.18. The number of rotatable bonds is 5. The van der Waals surface area contributed by atoms with Crippen molar-refractivity contribution in [2.45, 2.75) is 6.54 Å². The Hall–Kier alpha value is -2.37. The van der Waals surface area contributed by atoms with E-state index in [1.165, 1.54) is 5.69 Å². The van der Waals surface area contributed by atoms with Crippen LogP contribution in [0.5, 0.6) is 5.75 Å². The molecule has 4 rings (SSSR count). The van der Waals surface area contributed by atoms with E-state index in [-0.39, 0.29) is 0 Å². The van der Waals surface area contributed by atoms with Crippen molar-refractivity contribution < 1.29 is 4.74 Å². The molecule has 0 atom stereocenters. The minimum absolute atomic E-state index is 0.872. The highest BCUT2D eigenvalue weighted by atomic mass is 32.1. The summed E-state index contributed by atoms with van der Waals surface area (Å²) < 4.78 is 5.32. The quantitative estimate of drug-likeness (QED) is 0.679. The van der Waals surface area contributed by atoms with Gasteiger partial charge in [0.1, 0.15) is 10.8 Å². The van der Waals surface area contributed by atoms with Crippen molar-refractivity contribution in [3.8, 4) is 16.3 Å². The van der Waals surface area contributed by atoms with Gasteiger partial charge >= 0.3 is 0 Å². The lowest BCUT2D eigenvalue weighted by atomic mass is 10.2. The van der Waals surface area contributed by atoms with E-state index in [1.54, 1.807) is 18.4 Å². The summed E-state index contributed by atoms with van der Waals surface area (Å²) in [5, 5.41) is 3.24. The van der Waals surface area contributed by atoms with Gasteiger partial charge in [0.05, 0.1) is 12.8 Å². The van der Waals surface area contributed by atoms with Crippen LogP contribution in [-0.4, -0.2) is 43.2 Å². The number of anilines is 1. The highest BCUT2D eigenvalue weighted by Gasteiger charge is 2.18. The number of para-hydroxylation sites is 1. The zero-order chi connectivity index (χ0) is 17.8. The Labute approximate surface area is 158 Å². The molecule has 0 saturated carbocycles. The van der Waals surface area contributed by atoms with Crippen molar-refractivity contribution in [3.63, 3.8) is 0 Å². The van der Waals surface area contributed by atoms with Crippen LogP contribution in [-0.2, 0) is 6.54 Å². The predicted molar refractivity (Wildman–Crippen MR) is 108 cm³/mol. The summed E-state index contributed by atoms with van der Waals surface area (Å²) in [6, 6.07) is 18.8. The molecule has 4 nitrogen and oxygen atoms in total. The molecular weight excluding hydrogens is 342 g/mol. The highest BCUT2D eigenvalue weighted by Crippen LogP contribution is 2.27. The minimum atomic E-state index is 0.872. The van der Waals surface area contributed by atoms with Crippen LogP contribution in [0.25, 0.3) is 10.6 Å². The van der Waals surface area contributed by atoms with Crippen LogP contribution in [0, 0.1) is 0 Å². The fourth-order valence-electron chi connectivity index (χ4n) is 3.30.